The number of rotatable bonds is 5. The molecule has 0 amide bonds. The van der Waals surface area contributed by atoms with Gasteiger partial charge in [0.05, 0.1) is 4.90 Å². The van der Waals surface area contributed by atoms with E-state index in [-0.39, 0.29) is 4.90 Å². The molecule has 152 valence electrons. The summed E-state index contributed by atoms with van der Waals surface area (Å²) in [5, 5.41) is 1.93. The average molecular weight is 410 g/mol. The zero-order valence-corrected chi connectivity index (χ0v) is 17.7. The van der Waals surface area contributed by atoms with Crippen molar-refractivity contribution in [3.8, 4) is 0 Å². The molecule has 0 radical (unpaired) electrons. The van der Waals surface area contributed by atoms with Crippen LogP contribution in [-0.2, 0) is 10.0 Å². The van der Waals surface area contributed by atoms with Crippen LogP contribution >= 0.6 is 0 Å². The van der Waals surface area contributed by atoms with E-state index >= 15 is 0 Å². The molecule has 0 atom stereocenters. The van der Waals surface area contributed by atoms with Gasteiger partial charge in [0, 0.05) is 37.6 Å². The van der Waals surface area contributed by atoms with Gasteiger partial charge in [-0.2, -0.15) is 0 Å². The highest BCUT2D eigenvalue weighted by molar-refractivity contribution is 7.92. The molecule has 4 rings (SSSR count). The van der Waals surface area contributed by atoms with Crippen LogP contribution in [0.2, 0.25) is 0 Å². The number of nitrogens with zero attached hydrogens (tertiary/aromatic N) is 2. The monoisotopic (exact) mass is 409 g/mol. The summed E-state index contributed by atoms with van der Waals surface area (Å²) in [4.78, 5) is 5.09. The molecule has 1 aliphatic rings. The number of benzene rings is 3. The first-order chi connectivity index (χ1) is 14.0. The number of fused-ring (bicyclic) bond motifs is 1. The van der Waals surface area contributed by atoms with Crippen LogP contribution in [0.3, 0.4) is 0 Å². The number of sulfonamides is 1. The summed E-state index contributed by atoms with van der Waals surface area (Å²) in [5.41, 5.74) is 2.84. The lowest BCUT2D eigenvalue weighted by molar-refractivity contribution is 0.271. The van der Waals surface area contributed by atoms with E-state index in [1.54, 1.807) is 12.1 Å². The number of nitrogens with one attached hydrogen (secondary N) is 1. The van der Waals surface area contributed by atoms with E-state index in [9.17, 15) is 8.42 Å². The van der Waals surface area contributed by atoms with Crippen LogP contribution in [0.15, 0.2) is 65.6 Å². The van der Waals surface area contributed by atoms with Gasteiger partial charge in [0.1, 0.15) is 0 Å². The third kappa shape index (κ3) is 4.23. The lowest BCUT2D eigenvalue weighted by Crippen LogP contribution is -2.46. The van der Waals surface area contributed by atoms with Gasteiger partial charge in [0.2, 0.25) is 0 Å². The van der Waals surface area contributed by atoms with Crippen molar-refractivity contribution in [1.29, 1.82) is 0 Å². The van der Waals surface area contributed by atoms with Gasteiger partial charge < -0.3 is 9.80 Å². The van der Waals surface area contributed by atoms with Gasteiger partial charge in [-0.15, -0.1) is 0 Å². The number of hydrogen-bond acceptors (Lipinski definition) is 4. The van der Waals surface area contributed by atoms with E-state index in [0.29, 0.717) is 5.69 Å². The Morgan fingerprint density at radius 3 is 2.31 bits per heavy atom. The highest BCUT2D eigenvalue weighted by Crippen LogP contribution is 2.27. The van der Waals surface area contributed by atoms with Gasteiger partial charge in [-0.25, -0.2) is 8.42 Å². The second-order valence-electron chi connectivity index (χ2n) is 7.54. The molecule has 0 saturated carbocycles. The third-order valence-corrected chi connectivity index (χ3v) is 7.02. The molecule has 5 nitrogen and oxygen atoms in total. The zero-order chi connectivity index (χ0) is 20.4. The van der Waals surface area contributed by atoms with Crippen molar-refractivity contribution >= 4 is 32.2 Å². The standard InChI is InChI=1S/C23H27N3O2S/c1-3-25-12-14-26(15-13-25)23-11-9-21(16-18(23)2)24-29(27,28)22-10-8-19-6-4-5-7-20(19)17-22/h4-11,16-17,24H,3,12-15H2,1-2H3. The fourth-order valence-corrected chi connectivity index (χ4v) is 5.01. The summed E-state index contributed by atoms with van der Waals surface area (Å²) >= 11 is 0. The van der Waals surface area contributed by atoms with Crippen molar-refractivity contribution in [2.45, 2.75) is 18.7 Å². The molecule has 1 saturated heterocycles. The summed E-state index contributed by atoms with van der Waals surface area (Å²) in [6, 6.07) is 18.8. The van der Waals surface area contributed by atoms with Gasteiger partial charge in [-0.1, -0.05) is 37.3 Å². The van der Waals surface area contributed by atoms with Crippen LogP contribution in [0.1, 0.15) is 12.5 Å². The van der Waals surface area contributed by atoms with Crippen LogP contribution in [0.4, 0.5) is 11.4 Å². The van der Waals surface area contributed by atoms with E-state index in [2.05, 4.69) is 21.4 Å². The van der Waals surface area contributed by atoms with Crippen molar-refractivity contribution in [2.24, 2.45) is 0 Å². The first-order valence-corrected chi connectivity index (χ1v) is 11.5. The summed E-state index contributed by atoms with van der Waals surface area (Å²) < 4.78 is 28.5. The van der Waals surface area contributed by atoms with Crippen molar-refractivity contribution in [3.05, 3.63) is 66.2 Å². The van der Waals surface area contributed by atoms with Gasteiger partial charge in [0.15, 0.2) is 0 Å². The summed E-state index contributed by atoms with van der Waals surface area (Å²) in [5.74, 6) is 0. The second-order valence-corrected chi connectivity index (χ2v) is 9.22. The first kappa shape index (κ1) is 19.7. The molecule has 0 aliphatic carbocycles. The molecule has 1 fully saturated rings. The van der Waals surface area contributed by atoms with Crippen molar-refractivity contribution in [1.82, 2.24) is 4.90 Å². The van der Waals surface area contributed by atoms with Crippen LogP contribution in [-0.4, -0.2) is 46.0 Å². The number of anilines is 2. The number of piperazine rings is 1. The van der Waals surface area contributed by atoms with Gasteiger partial charge in [0.25, 0.3) is 10.0 Å². The average Bonchev–Trinajstić information content (AvgIpc) is 2.73. The van der Waals surface area contributed by atoms with E-state index in [1.807, 2.05) is 55.5 Å². The highest BCUT2D eigenvalue weighted by atomic mass is 32.2. The summed E-state index contributed by atoms with van der Waals surface area (Å²) in [6.45, 7) is 9.43. The van der Waals surface area contributed by atoms with Crippen LogP contribution < -0.4 is 9.62 Å². The molecule has 1 heterocycles. The predicted octanol–water partition coefficient (Wildman–Crippen LogP) is 4.09. The van der Waals surface area contributed by atoms with E-state index in [4.69, 9.17) is 0 Å². The summed E-state index contributed by atoms with van der Waals surface area (Å²) in [6.07, 6.45) is 0. The fourth-order valence-electron chi connectivity index (χ4n) is 3.93. The Hall–Kier alpha value is -2.57. The second kappa shape index (κ2) is 8.05. The van der Waals surface area contributed by atoms with Crippen LogP contribution in [0.25, 0.3) is 10.8 Å². The third-order valence-electron chi connectivity index (χ3n) is 5.64. The molecule has 0 aromatic heterocycles. The smallest absolute Gasteiger partial charge is 0.261 e. The maximum absolute atomic E-state index is 12.9. The fraction of sp³-hybridized carbons (Fsp3) is 0.304. The van der Waals surface area contributed by atoms with Gasteiger partial charge >= 0.3 is 0 Å². The quantitative estimate of drug-likeness (QED) is 0.690. The lowest BCUT2D eigenvalue weighted by Gasteiger charge is -2.36. The molecule has 0 unspecified atom stereocenters. The molecule has 0 spiro atoms. The molecular weight excluding hydrogens is 382 g/mol. The molecule has 29 heavy (non-hydrogen) atoms. The molecule has 3 aromatic rings. The Kier molecular flexibility index (Phi) is 5.48. The minimum absolute atomic E-state index is 0.272. The maximum Gasteiger partial charge on any atom is 0.261 e. The molecular formula is C23H27N3O2S. The Morgan fingerprint density at radius 1 is 0.897 bits per heavy atom. The Morgan fingerprint density at radius 2 is 1.62 bits per heavy atom. The van der Waals surface area contributed by atoms with Crippen LogP contribution in [0.5, 0.6) is 0 Å². The van der Waals surface area contributed by atoms with E-state index in [0.717, 1.165) is 49.1 Å². The minimum atomic E-state index is -3.64. The Bertz CT molecular complexity index is 1120. The number of hydrogen-bond donors (Lipinski definition) is 1. The van der Waals surface area contributed by atoms with Gasteiger partial charge in [-0.05, 0) is 60.1 Å². The maximum atomic E-state index is 12.9. The molecule has 1 N–H and O–H groups in total. The zero-order valence-electron chi connectivity index (χ0n) is 16.9. The van der Waals surface area contributed by atoms with Crippen molar-refractivity contribution in [3.63, 3.8) is 0 Å². The molecule has 3 aromatic carbocycles. The van der Waals surface area contributed by atoms with Crippen molar-refractivity contribution < 1.29 is 8.42 Å². The normalized spacial score (nSPS) is 15.6. The number of likely N-dealkylation sites (N-methyl/N-ethyl adjacent to an activating group) is 1. The predicted molar refractivity (Wildman–Crippen MR) is 120 cm³/mol. The summed E-state index contributed by atoms with van der Waals surface area (Å²) in [7, 11) is -3.64. The van der Waals surface area contributed by atoms with Crippen LogP contribution in [0, 0.1) is 6.92 Å². The molecule has 0 bridgehead atoms. The van der Waals surface area contributed by atoms with Gasteiger partial charge in [-0.3, -0.25) is 4.72 Å². The van der Waals surface area contributed by atoms with E-state index < -0.39 is 10.0 Å². The molecule has 6 heteroatoms. The van der Waals surface area contributed by atoms with E-state index in [1.165, 1.54) is 5.69 Å². The minimum Gasteiger partial charge on any atom is -0.369 e. The largest absolute Gasteiger partial charge is 0.369 e. The lowest BCUT2D eigenvalue weighted by atomic mass is 10.1. The topological polar surface area (TPSA) is 52.6 Å². The SMILES string of the molecule is CCN1CCN(c2ccc(NS(=O)(=O)c3ccc4ccccc4c3)cc2C)CC1. The molecule has 1 aliphatic heterocycles. The Balaban J connectivity index is 1.53. The highest BCUT2D eigenvalue weighted by Gasteiger charge is 2.19. The Labute approximate surface area is 173 Å². The van der Waals surface area contributed by atoms with Crippen molar-refractivity contribution in [2.75, 3.05) is 42.3 Å². The first-order valence-electron chi connectivity index (χ1n) is 10.1. The number of aryl methyl sites for hydroxylation is 1.